The molecule has 10 heterocycles. The van der Waals surface area contributed by atoms with E-state index in [0.717, 1.165) is 79.0 Å². The van der Waals surface area contributed by atoms with Crippen molar-refractivity contribution in [3.63, 3.8) is 0 Å². The molecule has 10 rings (SSSR count). The molecule has 8 aliphatic rings. The fourth-order valence-electron chi connectivity index (χ4n) is 10.7. The number of rotatable bonds is 8. The predicted molar refractivity (Wildman–Crippen MR) is 245 cm³/mol. The molecule has 0 aliphatic carbocycles. The first kappa shape index (κ1) is 44.5. The van der Waals surface area contributed by atoms with Crippen LogP contribution in [0.2, 0.25) is 0 Å². The van der Waals surface area contributed by atoms with Gasteiger partial charge in [-0.05, 0) is 82.4 Å². The first-order valence-electron chi connectivity index (χ1n) is 23.6. The molecule has 12 nitrogen and oxygen atoms in total. The Bertz CT molecular complexity index is 1680. The summed E-state index contributed by atoms with van der Waals surface area (Å²) in [5, 5.41) is 46.5. The summed E-state index contributed by atoms with van der Waals surface area (Å²) in [7, 11) is 0. The molecule has 9 unspecified atom stereocenters. The van der Waals surface area contributed by atoms with Gasteiger partial charge in [0.1, 0.15) is 0 Å². The molecule has 0 aromatic carbocycles. The molecule has 6 saturated heterocycles. The molecule has 61 heavy (non-hydrogen) atoms. The molecule has 0 amide bonds. The summed E-state index contributed by atoms with van der Waals surface area (Å²) in [6.07, 6.45) is 28.5. The number of piperidine rings is 5. The van der Waals surface area contributed by atoms with Gasteiger partial charge in [0, 0.05) is 54.0 Å². The van der Waals surface area contributed by atoms with Gasteiger partial charge < -0.3 is 53.2 Å². The Kier molecular flexibility index (Phi) is 16.4. The standard InChI is InChI=1S/C24H43N6.C24H23N6.Ni/c2*1-5-13-25-17(9-1)21-22(18-10-2-6-14-26-18)30-24(20-12-4-8-16-28-20)23(29-21)19-11-3-7-15-27-19;/h17-25,27,29H,1-16H2;1-3,5-7,9-11,14-15,20,28H,4,8,12-13,16H2;/q2*-3;+2. The zero-order chi connectivity index (χ0) is 40.4. The average molecular weight is 870 g/mol. The number of aromatic nitrogens is 2. The summed E-state index contributed by atoms with van der Waals surface area (Å²) in [4.78, 5) is 9.15. The van der Waals surface area contributed by atoms with Crippen LogP contribution in [0.3, 0.4) is 0 Å². The van der Waals surface area contributed by atoms with E-state index >= 15 is 0 Å². The Balaban J connectivity index is 0.000000166. The number of pyridine rings is 2. The van der Waals surface area contributed by atoms with Crippen molar-refractivity contribution < 1.29 is 16.5 Å². The molecule has 2 aromatic heterocycles. The van der Waals surface area contributed by atoms with E-state index in [4.69, 9.17) is 26.6 Å². The van der Waals surface area contributed by atoms with E-state index in [2.05, 4.69) is 36.6 Å². The van der Waals surface area contributed by atoms with Gasteiger partial charge in [0.05, 0.1) is 0 Å². The van der Waals surface area contributed by atoms with Crippen molar-refractivity contribution in [1.29, 1.82) is 0 Å². The van der Waals surface area contributed by atoms with E-state index in [9.17, 15) is 0 Å². The minimum absolute atomic E-state index is 0. The van der Waals surface area contributed by atoms with Crippen molar-refractivity contribution in [1.82, 2.24) is 31.2 Å². The van der Waals surface area contributed by atoms with Gasteiger partial charge in [-0.3, -0.25) is 9.97 Å². The molecule has 332 valence electrons. The molecule has 0 bridgehead atoms. The SMILES string of the molecule is C1=CC[N-]C(C2=C(c3ccccn3)[N-]C(C3CCCCN3)=C(c3ccccn3)[N-]2)=C1.C1CCC(C2[N-]C(C3CCCC[N-]3)C(C3CCCCN3)NC2C2CCCCN2)[N-]C1.[Ni+2]. The summed E-state index contributed by atoms with van der Waals surface area (Å²) in [6.45, 7) is 6.01. The van der Waals surface area contributed by atoms with Gasteiger partial charge in [0.25, 0.3) is 0 Å². The van der Waals surface area contributed by atoms with Gasteiger partial charge in [-0.1, -0.05) is 82.1 Å². The Labute approximate surface area is 375 Å². The van der Waals surface area contributed by atoms with Gasteiger partial charge in [-0.15, -0.1) is 49.2 Å². The first-order chi connectivity index (χ1) is 29.8. The van der Waals surface area contributed by atoms with Crippen LogP contribution < -0.4 is 21.3 Å². The second kappa shape index (κ2) is 22.5. The van der Waals surface area contributed by atoms with Gasteiger partial charge in [0.15, 0.2) is 0 Å². The van der Waals surface area contributed by atoms with Gasteiger partial charge in [0.2, 0.25) is 0 Å². The zero-order valence-corrected chi connectivity index (χ0v) is 36.8. The second-order valence-electron chi connectivity index (χ2n) is 17.8. The number of hydrogen-bond donors (Lipinski definition) is 4. The fraction of sp³-hybridized carbons (Fsp3) is 0.625. The molecule has 6 fully saturated rings. The molecular weight excluding hydrogens is 803 g/mol. The minimum atomic E-state index is 0. The fourth-order valence-corrected chi connectivity index (χ4v) is 10.7. The van der Waals surface area contributed by atoms with Crippen LogP contribution in [-0.4, -0.2) is 104 Å². The summed E-state index contributed by atoms with van der Waals surface area (Å²) in [5.74, 6) is 0. The third kappa shape index (κ3) is 11.0. The Morgan fingerprint density at radius 2 is 1.16 bits per heavy atom. The Morgan fingerprint density at radius 3 is 1.66 bits per heavy atom. The maximum atomic E-state index is 5.71. The van der Waals surface area contributed by atoms with Crippen molar-refractivity contribution in [2.75, 3.05) is 39.3 Å². The molecule has 2 aromatic rings. The maximum Gasteiger partial charge on any atom is 2.00 e. The summed E-state index contributed by atoms with van der Waals surface area (Å²) in [6, 6.07) is 15.3. The average Bonchev–Trinajstić information content (AvgIpc) is 3.35. The molecular formula is C48H66N12Ni-4. The van der Waals surface area contributed by atoms with Gasteiger partial charge >= 0.3 is 16.5 Å². The number of hydrogen-bond acceptors (Lipinski definition) is 6. The van der Waals surface area contributed by atoms with Crippen molar-refractivity contribution in [2.24, 2.45) is 0 Å². The summed E-state index contributed by atoms with van der Waals surface area (Å²) in [5.41, 5.74) is 5.72. The van der Waals surface area contributed by atoms with E-state index in [1.807, 2.05) is 54.6 Å². The topological polar surface area (TPSA) is 158 Å². The van der Waals surface area contributed by atoms with Crippen LogP contribution in [0, 0.1) is 0 Å². The molecule has 0 saturated carbocycles. The monoisotopic (exact) mass is 868 g/mol. The minimum Gasteiger partial charge on any atom is -0.682 e. The van der Waals surface area contributed by atoms with Crippen LogP contribution in [0.5, 0.6) is 0 Å². The second-order valence-corrected chi connectivity index (χ2v) is 17.8. The third-order valence-electron chi connectivity index (χ3n) is 13.7. The summed E-state index contributed by atoms with van der Waals surface area (Å²) >= 11 is 0. The van der Waals surface area contributed by atoms with Crippen molar-refractivity contribution >= 4 is 11.4 Å². The normalized spacial score (nSPS) is 33.4. The number of nitrogens with one attached hydrogen (secondary N) is 4. The van der Waals surface area contributed by atoms with Crippen molar-refractivity contribution in [2.45, 2.75) is 151 Å². The van der Waals surface area contributed by atoms with Crippen LogP contribution >= 0.6 is 0 Å². The van der Waals surface area contributed by atoms with Crippen LogP contribution in [0.4, 0.5) is 0 Å². The molecule has 0 spiro atoms. The third-order valence-corrected chi connectivity index (χ3v) is 13.7. The van der Waals surface area contributed by atoms with Crippen LogP contribution in [0.15, 0.2) is 84.1 Å². The molecule has 13 heteroatoms. The van der Waals surface area contributed by atoms with E-state index in [1.165, 1.54) is 89.9 Å². The zero-order valence-electron chi connectivity index (χ0n) is 35.8. The van der Waals surface area contributed by atoms with Gasteiger partial charge in [-0.25, -0.2) is 0 Å². The number of allylic oxidation sites excluding steroid dienone is 2. The number of nitrogens with zero attached hydrogens (tertiary/aromatic N) is 8. The van der Waals surface area contributed by atoms with Crippen LogP contribution in [0.25, 0.3) is 43.3 Å². The molecule has 0 radical (unpaired) electrons. The summed E-state index contributed by atoms with van der Waals surface area (Å²) < 4.78 is 0. The Hall–Kier alpha value is -3.13. The van der Waals surface area contributed by atoms with Crippen LogP contribution in [-0.2, 0) is 16.5 Å². The van der Waals surface area contributed by atoms with E-state index in [1.54, 1.807) is 12.4 Å². The van der Waals surface area contributed by atoms with E-state index in [0.29, 0.717) is 54.9 Å². The molecule has 9 atom stereocenters. The Morgan fingerprint density at radius 1 is 0.574 bits per heavy atom. The van der Waals surface area contributed by atoms with E-state index in [-0.39, 0.29) is 22.5 Å². The van der Waals surface area contributed by atoms with Crippen molar-refractivity contribution in [3.05, 3.63) is 127 Å². The quantitative estimate of drug-likeness (QED) is 0.194. The van der Waals surface area contributed by atoms with Crippen LogP contribution in [0.1, 0.15) is 108 Å². The predicted octanol–water partition coefficient (Wildman–Crippen LogP) is 8.82. The number of piperazine rings is 1. The smallest absolute Gasteiger partial charge is 0.682 e. The molecule has 8 aliphatic heterocycles. The maximum absolute atomic E-state index is 5.71. The largest absolute Gasteiger partial charge is 2.00 e. The molecule has 4 N–H and O–H groups in total. The van der Waals surface area contributed by atoms with Crippen molar-refractivity contribution in [3.8, 4) is 0 Å². The first-order valence-corrected chi connectivity index (χ1v) is 23.6. The van der Waals surface area contributed by atoms with E-state index < -0.39 is 0 Å². The van der Waals surface area contributed by atoms with Gasteiger partial charge in [-0.2, -0.15) is 29.2 Å².